The maximum absolute atomic E-state index is 5.05. The first kappa shape index (κ1) is 29.8. The quantitative estimate of drug-likeness (QED) is 0.172. The van der Waals surface area contributed by atoms with Gasteiger partial charge in [0.05, 0.1) is 33.5 Å². The Morgan fingerprint density at radius 2 is 0.846 bits per heavy atom. The lowest BCUT2D eigenvalue weighted by molar-refractivity contribution is 1.37. The third-order valence-corrected chi connectivity index (χ3v) is 9.97. The van der Waals surface area contributed by atoms with Crippen LogP contribution < -0.4 is 0 Å². The molecule has 4 heteroatoms. The molecule has 10 rings (SSSR count). The number of hydrogen-bond acceptors (Lipinski definition) is 4. The molecule has 52 heavy (non-hydrogen) atoms. The first-order valence-corrected chi connectivity index (χ1v) is 17.4. The highest BCUT2D eigenvalue weighted by Crippen LogP contribution is 2.34. The van der Waals surface area contributed by atoms with E-state index < -0.39 is 0 Å². The molecule has 4 heterocycles. The zero-order valence-electron chi connectivity index (χ0n) is 28.1. The van der Waals surface area contributed by atoms with Gasteiger partial charge in [-0.25, -0.2) is 9.97 Å². The van der Waals surface area contributed by atoms with Crippen molar-refractivity contribution in [3.8, 4) is 55.9 Å². The van der Waals surface area contributed by atoms with Gasteiger partial charge in [-0.05, 0) is 81.9 Å². The van der Waals surface area contributed by atoms with E-state index in [1.807, 2.05) is 24.5 Å². The molecule has 0 saturated heterocycles. The summed E-state index contributed by atoms with van der Waals surface area (Å²) in [6, 6.07) is 59.7. The summed E-state index contributed by atoms with van der Waals surface area (Å²) in [5.74, 6) is 0. The van der Waals surface area contributed by atoms with E-state index in [1.165, 1.54) is 11.1 Å². The second-order valence-electron chi connectivity index (χ2n) is 13.1. The molecule has 0 bridgehead atoms. The number of rotatable bonds is 5. The normalized spacial score (nSPS) is 11.5. The fourth-order valence-electron chi connectivity index (χ4n) is 7.22. The number of pyridine rings is 4. The first-order chi connectivity index (χ1) is 25.7. The zero-order chi connectivity index (χ0) is 34.4. The Balaban J connectivity index is 0.900. The number of fused-ring (bicyclic) bond motifs is 5. The largest absolute Gasteiger partial charge is 0.254 e. The lowest BCUT2D eigenvalue weighted by Crippen LogP contribution is -1.89. The molecule has 0 radical (unpaired) electrons. The summed E-state index contributed by atoms with van der Waals surface area (Å²) >= 11 is 0. The van der Waals surface area contributed by atoms with E-state index in [4.69, 9.17) is 9.97 Å². The molecule has 0 atom stereocenters. The van der Waals surface area contributed by atoms with Gasteiger partial charge >= 0.3 is 0 Å². The highest BCUT2D eigenvalue weighted by atomic mass is 14.7. The summed E-state index contributed by atoms with van der Waals surface area (Å²) in [6.07, 6.45) is 3.70. The number of nitrogens with zero attached hydrogens (tertiary/aromatic N) is 4. The Kier molecular flexibility index (Phi) is 7.10. The molecule has 0 amide bonds. The van der Waals surface area contributed by atoms with Gasteiger partial charge in [0.2, 0.25) is 0 Å². The molecular weight excluding hydrogens is 633 g/mol. The van der Waals surface area contributed by atoms with Crippen molar-refractivity contribution in [3.05, 3.63) is 182 Å². The number of hydrogen-bond donors (Lipinski definition) is 0. The van der Waals surface area contributed by atoms with E-state index in [0.29, 0.717) is 0 Å². The monoisotopic (exact) mass is 662 g/mol. The Labute approximate surface area is 300 Å². The fraction of sp³-hybridized carbons (Fsp3) is 0. The Morgan fingerprint density at radius 3 is 1.50 bits per heavy atom. The van der Waals surface area contributed by atoms with Crippen LogP contribution >= 0.6 is 0 Å². The minimum absolute atomic E-state index is 0.922. The molecule has 0 aliphatic carbocycles. The summed E-state index contributed by atoms with van der Waals surface area (Å²) in [4.78, 5) is 19.3. The molecule has 0 aliphatic heterocycles. The predicted molar refractivity (Wildman–Crippen MR) is 215 cm³/mol. The van der Waals surface area contributed by atoms with E-state index in [-0.39, 0.29) is 0 Å². The topological polar surface area (TPSA) is 51.6 Å². The average molecular weight is 663 g/mol. The van der Waals surface area contributed by atoms with Crippen LogP contribution in [0, 0.1) is 0 Å². The minimum atomic E-state index is 0.922. The van der Waals surface area contributed by atoms with Gasteiger partial charge in [-0.1, -0.05) is 121 Å². The van der Waals surface area contributed by atoms with E-state index in [0.717, 1.165) is 88.4 Å². The molecule has 10 aromatic rings. The molecule has 6 aromatic carbocycles. The lowest BCUT2D eigenvalue weighted by atomic mass is 9.98. The SMILES string of the molecule is c1ccc(-c2ccc(-c3ccc4cc(-c5ccc6nc(-c7ccc(-c8ccnc9c8ccc8cccnc89)cc7)ccc6c5)ccc4n3)cc2)cc1. The van der Waals surface area contributed by atoms with Crippen LogP contribution in [0.1, 0.15) is 0 Å². The summed E-state index contributed by atoms with van der Waals surface area (Å²) in [7, 11) is 0. The van der Waals surface area contributed by atoms with Crippen molar-refractivity contribution in [2.45, 2.75) is 0 Å². The van der Waals surface area contributed by atoms with Crippen LogP contribution in [-0.2, 0) is 0 Å². The van der Waals surface area contributed by atoms with Crippen molar-refractivity contribution in [1.82, 2.24) is 19.9 Å². The molecular formula is C48H30N4. The summed E-state index contributed by atoms with van der Waals surface area (Å²) < 4.78 is 0. The van der Waals surface area contributed by atoms with Crippen LogP contribution in [0.4, 0.5) is 0 Å². The second kappa shape index (κ2) is 12.4. The Hall–Kier alpha value is -7.04. The van der Waals surface area contributed by atoms with Gasteiger partial charge in [-0.15, -0.1) is 0 Å². The molecule has 0 N–H and O–H groups in total. The van der Waals surface area contributed by atoms with Crippen molar-refractivity contribution in [1.29, 1.82) is 0 Å². The number of aromatic nitrogens is 4. The maximum Gasteiger partial charge on any atom is 0.0970 e. The summed E-state index contributed by atoms with van der Waals surface area (Å²) in [6.45, 7) is 0. The third-order valence-electron chi connectivity index (χ3n) is 9.97. The van der Waals surface area contributed by atoms with E-state index in [1.54, 1.807) is 0 Å². The van der Waals surface area contributed by atoms with Crippen molar-refractivity contribution in [2.24, 2.45) is 0 Å². The minimum Gasteiger partial charge on any atom is -0.254 e. The fourth-order valence-corrected chi connectivity index (χ4v) is 7.22. The molecule has 0 saturated carbocycles. The maximum atomic E-state index is 5.05. The summed E-state index contributed by atoms with van der Waals surface area (Å²) in [5.41, 5.74) is 14.9. The van der Waals surface area contributed by atoms with Crippen molar-refractivity contribution in [3.63, 3.8) is 0 Å². The van der Waals surface area contributed by atoms with Gasteiger partial charge in [0.15, 0.2) is 0 Å². The second-order valence-corrected chi connectivity index (χ2v) is 13.1. The molecule has 4 aromatic heterocycles. The van der Waals surface area contributed by atoms with Gasteiger partial charge in [0, 0.05) is 45.1 Å². The molecule has 0 spiro atoms. The lowest BCUT2D eigenvalue weighted by Gasteiger charge is -2.10. The van der Waals surface area contributed by atoms with Gasteiger partial charge in [0.1, 0.15) is 0 Å². The van der Waals surface area contributed by atoms with Crippen LogP contribution in [0.3, 0.4) is 0 Å². The molecule has 0 unspecified atom stereocenters. The van der Waals surface area contributed by atoms with Crippen LogP contribution in [0.15, 0.2) is 182 Å². The third kappa shape index (κ3) is 5.34. The van der Waals surface area contributed by atoms with Crippen LogP contribution in [0.5, 0.6) is 0 Å². The highest BCUT2D eigenvalue weighted by Gasteiger charge is 2.11. The van der Waals surface area contributed by atoms with E-state index in [2.05, 4.69) is 168 Å². The average Bonchev–Trinajstić information content (AvgIpc) is 3.23. The Bertz CT molecular complexity index is 2940. The molecule has 4 nitrogen and oxygen atoms in total. The van der Waals surface area contributed by atoms with Crippen molar-refractivity contribution >= 4 is 43.6 Å². The first-order valence-electron chi connectivity index (χ1n) is 17.4. The van der Waals surface area contributed by atoms with Crippen molar-refractivity contribution in [2.75, 3.05) is 0 Å². The van der Waals surface area contributed by atoms with Crippen LogP contribution in [-0.4, -0.2) is 19.9 Å². The molecule has 0 fully saturated rings. The number of benzene rings is 6. The Morgan fingerprint density at radius 1 is 0.308 bits per heavy atom. The van der Waals surface area contributed by atoms with Crippen molar-refractivity contribution < 1.29 is 0 Å². The predicted octanol–water partition coefficient (Wildman–Crippen LogP) is 12.2. The van der Waals surface area contributed by atoms with Crippen LogP contribution in [0.25, 0.3) is 99.5 Å². The standard InChI is InChI=1S/C48H30N4/c1-2-5-31(6-3-1)32-8-12-34(13-9-32)43-24-19-39-29-37(17-22-45(39)51-43)38-18-23-46-40(30-38)20-25-44(52-46)35-14-10-33(11-15-35)41-26-28-50-48-42(41)21-16-36-7-4-27-49-47(36)48/h1-30H. The van der Waals surface area contributed by atoms with E-state index in [9.17, 15) is 0 Å². The van der Waals surface area contributed by atoms with Gasteiger partial charge in [0.25, 0.3) is 0 Å². The molecule has 242 valence electrons. The smallest absolute Gasteiger partial charge is 0.0970 e. The highest BCUT2D eigenvalue weighted by molar-refractivity contribution is 6.08. The van der Waals surface area contributed by atoms with Gasteiger partial charge < -0.3 is 0 Å². The van der Waals surface area contributed by atoms with Gasteiger partial charge in [-0.3, -0.25) is 9.97 Å². The van der Waals surface area contributed by atoms with Crippen LogP contribution in [0.2, 0.25) is 0 Å². The molecule has 0 aliphatic rings. The summed E-state index contributed by atoms with van der Waals surface area (Å²) in [5, 5.41) is 4.41. The zero-order valence-corrected chi connectivity index (χ0v) is 28.1. The van der Waals surface area contributed by atoms with Gasteiger partial charge in [-0.2, -0.15) is 0 Å². The van der Waals surface area contributed by atoms with E-state index >= 15 is 0 Å².